The second-order valence-electron chi connectivity index (χ2n) is 4.25. The lowest BCUT2D eigenvalue weighted by molar-refractivity contribution is 0.0919. The Hall–Kier alpha value is -0.640. The molecule has 1 heterocycles. The van der Waals surface area contributed by atoms with Crippen molar-refractivity contribution < 1.29 is 9.50 Å². The van der Waals surface area contributed by atoms with Gasteiger partial charge < -0.3 is 10.4 Å². The number of aliphatic hydroxyl groups is 1. The fourth-order valence-corrected chi connectivity index (χ4v) is 2.40. The lowest BCUT2D eigenvalue weighted by Crippen LogP contribution is -2.33. The van der Waals surface area contributed by atoms with E-state index in [1.807, 2.05) is 0 Å². The third-order valence-electron chi connectivity index (χ3n) is 3.01. The molecule has 2 N–H and O–H groups in total. The first-order valence-corrected chi connectivity index (χ1v) is 5.89. The third-order valence-corrected chi connectivity index (χ3v) is 3.23. The molecular weight excluding hydrogens is 229 g/mol. The molecule has 2 atom stereocenters. The molecule has 0 spiro atoms. The fourth-order valence-electron chi connectivity index (χ4n) is 2.17. The van der Waals surface area contributed by atoms with Crippen LogP contribution in [0.5, 0.6) is 0 Å². The van der Waals surface area contributed by atoms with Gasteiger partial charge in [0.25, 0.3) is 0 Å². The number of rotatable bonds is 2. The van der Waals surface area contributed by atoms with Crippen molar-refractivity contribution in [2.75, 3.05) is 13.1 Å². The van der Waals surface area contributed by atoms with E-state index in [9.17, 15) is 9.50 Å². The standard InChI is InChI=1S/C12H15ClFNO/c13-10-4-9(5-11(14)6-10)12(16)8-2-1-3-15-7-8/h4-6,8,12,15-16H,1-3,7H2. The molecule has 88 valence electrons. The Labute approximate surface area is 99.4 Å². The largest absolute Gasteiger partial charge is 0.388 e. The van der Waals surface area contributed by atoms with Crippen molar-refractivity contribution in [2.24, 2.45) is 5.92 Å². The van der Waals surface area contributed by atoms with E-state index in [1.165, 1.54) is 12.1 Å². The quantitative estimate of drug-likeness (QED) is 0.837. The van der Waals surface area contributed by atoms with E-state index in [-0.39, 0.29) is 5.92 Å². The number of hydrogen-bond acceptors (Lipinski definition) is 2. The second kappa shape index (κ2) is 5.13. The molecule has 0 amide bonds. The highest BCUT2D eigenvalue weighted by atomic mass is 35.5. The molecule has 1 aliphatic heterocycles. The van der Waals surface area contributed by atoms with Crippen molar-refractivity contribution in [3.05, 3.63) is 34.6 Å². The molecule has 16 heavy (non-hydrogen) atoms. The van der Waals surface area contributed by atoms with Crippen LogP contribution < -0.4 is 5.32 Å². The zero-order chi connectivity index (χ0) is 11.5. The summed E-state index contributed by atoms with van der Waals surface area (Å²) in [5.41, 5.74) is 0.568. The van der Waals surface area contributed by atoms with Gasteiger partial charge in [0.15, 0.2) is 0 Å². The first-order chi connectivity index (χ1) is 7.66. The van der Waals surface area contributed by atoms with Crippen molar-refractivity contribution >= 4 is 11.6 Å². The number of aliphatic hydroxyl groups excluding tert-OH is 1. The molecule has 1 aromatic carbocycles. The molecule has 1 aromatic rings. The predicted octanol–water partition coefficient (Wildman–Crippen LogP) is 2.51. The van der Waals surface area contributed by atoms with Crippen LogP contribution in [0.2, 0.25) is 5.02 Å². The lowest BCUT2D eigenvalue weighted by Gasteiger charge is -2.27. The Kier molecular flexibility index (Phi) is 3.79. The Morgan fingerprint density at radius 2 is 2.25 bits per heavy atom. The minimum Gasteiger partial charge on any atom is -0.388 e. The summed E-state index contributed by atoms with van der Waals surface area (Å²) in [5.74, 6) is -0.253. The highest BCUT2D eigenvalue weighted by Crippen LogP contribution is 2.29. The van der Waals surface area contributed by atoms with Gasteiger partial charge in [-0.05, 0) is 43.1 Å². The summed E-state index contributed by atoms with van der Waals surface area (Å²) < 4.78 is 13.1. The summed E-state index contributed by atoms with van der Waals surface area (Å²) >= 11 is 5.77. The van der Waals surface area contributed by atoms with Gasteiger partial charge >= 0.3 is 0 Å². The summed E-state index contributed by atoms with van der Waals surface area (Å²) in [6.07, 6.45) is 1.37. The zero-order valence-electron chi connectivity index (χ0n) is 8.92. The van der Waals surface area contributed by atoms with E-state index < -0.39 is 11.9 Å². The Morgan fingerprint density at radius 3 is 2.88 bits per heavy atom. The molecule has 0 bridgehead atoms. The van der Waals surface area contributed by atoms with Gasteiger partial charge in [-0.15, -0.1) is 0 Å². The lowest BCUT2D eigenvalue weighted by atomic mass is 9.89. The fraction of sp³-hybridized carbons (Fsp3) is 0.500. The van der Waals surface area contributed by atoms with E-state index in [0.29, 0.717) is 10.6 Å². The van der Waals surface area contributed by atoms with Crippen LogP contribution in [-0.4, -0.2) is 18.2 Å². The third kappa shape index (κ3) is 2.73. The van der Waals surface area contributed by atoms with Gasteiger partial charge in [-0.25, -0.2) is 4.39 Å². The van der Waals surface area contributed by atoms with Crippen molar-refractivity contribution in [3.63, 3.8) is 0 Å². The first-order valence-electron chi connectivity index (χ1n) is 5.51. The van der Waals surface area contributed by atoms with E-state index >= 15 is 0 Å². The van der Waals surface area contributed by atoms with Crippen LogP contribution in [0.3, 0.4) is 0 Å². The summed E-state index contributed by atoms with van der Waals surface area (Å²) in [6, 6.07) is 4.23. The van der Waals surface area contributed by atoms with Gasteiger partial charge in [-0.3, -0.25) is 0 Å². The van der Waals surface area contributed by atoms with Crippen molar-refractivity contribution in [3.8, 4) is 0 Å². The normalized spacial score (nSPS) is 23.1. The van der Waals surface area contributed by atoms with Gasteiger partial charge in [-0.2, -0.15) is 0 Å². The van der Waals surface area contributed by atoms with Crippen LogP contribution in [0.25, 0.3) is 0 Å². The second-order valence-corrected chi connectivity index (χ2v) is 4.69. The highest BCUT2D eigenvalue weighted by Gasteiger charge is 2.23. The molecule has 2 nitrogen and oxygen atoms in total. The number of halogens is 2. The van der Waals surface area contributed by atoms with Gasteiger partial charge in [0.2, 0.25) is 0 Å². The number of benzene rings is 1. The molecule has 0 saturated carbocycles. The minimum atomic E-state index is -0.638. The molecule has 2 unspecified atom stereocenters. The Bertz CT molecular complexity index is 346. The average Bonchev–Trinajstić information content (AvgIpc) is 2.28. The van der Waals surface area contributed by atoms with Gasteiger partial charge in [-0.1, -0.05) is 11.6 Å². The number of hydrogen-bond donors (Lipinski definition) is 2. The average molecular weight is 244 g/mol. The minimum absolute atomic E-state index is 0.145. The zero-order valence-corrected chi connectivity index (χ0v) is 9.67. The monoisotopic (exact) mass is 243 g/mol. The van der Waals surface area contributed by atoms with Crippen LogP contribution >= 0.6 is 11.6 Å². The van der Waals surface area contributed by atoms with E-state index in [4.69, 9.17) is 11.6 Å². The van der Waals surface area contributed by atoms with Crippen LogP contribution in [0.1, 0.15) is 24.5 Å². The van der Waals surface area contributed by atoms with Crippen LogP contribution in [-0.2, 0) is 0 Å². The van der Waals surface area contributed by atoms with Crippen LogP contribution in [0, 0.1) is 11.7 Å². The maximum absolute atomic E-state index is 13.1. The molecule has 1 saturated heterocycles. The van der Waals surface area contributed by atoms with E-state index in [0.717, 1.165) is 25.9 Å². The summed E-state index contributed by atoms with van der Waals surface area (Å²) in [4.78, 5) is 0. The molecule has 0 radical (unpaired) electrons. The van der Waals surface area contributed by atoms with E-state index in [1.54, 1.807) is 6.07 Å². The molecule has 1 fully saturated rings. The molecule has 4 heteroatoms. The molecule has 0 aliphatic carbocycles. The molecule has 1 aliphatic rings. The molecule has 0 aromatic heterocycles. The van der Waals surface area contributed by atoms with Crippen molar-refractivity contribution in [2.45, 2.75) is 18.9 Å². The number of nitrogens with one attached hydrogen (secondary N) is 1. The number of piperidine rings is 1. The topological polar surface area (TPSA) is 32.3 Å². The first kappa shape index (κ1) is 11.8. The van der Waals surface area contributed by atoms with Crippen LogP contribution in [0.4, 0.5) is 4.39 Å². The SMILES string of the molecule is OC(c1cc(F)cc(Cl)c1)C1CCCNC1. The molecular formula is C12H15ClFNO. The van der Waals surface area contributed by atoms with Crippen LogP contribution in [0.15, 0.2) is 18.2 Å². The van der Waals surface area contributed by atoms with Gasteiger partial charge in [0.05, 0.1) is 6.10 Å². The maximum Gasteiger partial charge on any atom is 0.125 e. The Morgan fingerprint density at radius 1 is 1.44 bits per heavy atom. The highest BCUT2D eigenvalue weighted by molar-refractivity contribution is 6.30. The van der Waals surface area contributed by atoms with E-state index in [2.05, 4.69) is 5.32 Å². The van der Waals surface area contributed by atoms with Gasteiger partial charge in [0.1, 0.15) is 5.82 Å². The Balaban J connectivity index is 2.15. The predicted molar refractivity (Wildman–Crippen MR) is 62.0 cm³/mol. The van der Waals surface area contributed by atoms with Crippen molar-refractivity contribution in [1.29, 1.82) is 0 Å². The smallest absolute Gasteiger partial charge is 0.125 e. The van der Waals surface area contributed by atoms with Gasteiger partial charge in [0, 0.05) is 17.5 Å². The summed E-state index contributed by atoms with van der Waals surface area (Å²) in [5, 5.41) is 13.7. The summed E-state index contributed by atoms with van der Waals surface area (Å²) in [7, 11) is 0. The molecule has 2 rings (SSSR count). The maximum atomic E-state index is 13.1. The summed E-state index contributed by atoms with van der Waals surface area (Å²) in [6.45, 7) is 1.77. The van der Waals surface area contributed by atoms with Crippen molar-refractivity contribution in [1.82, 2.24) is 5.32 Å².